The molecule has 0 fully saturated rings. The van der Waals surface area contributed by atoms with E-state index in [1.54, 1.807) is 54.6 Å². The molecule has 0 N–H and O–H groups in total. The van der Waals surface area contributed by atoms with Gasteiger partial charge in [-0.3, -0.25) is 0 Å². The smallest absolute Gasteiger partial charge is 0.534 e. The van der Waals surface area contributed by atoms with Gasteiger partial charge in [0.1, 0.15) is 0 Å². The molecule has 1 nitrogen and oxygen atoms in total. The van der Waals surface area contributed by atoms with E-state index >= 15 is 0 Å². The van der Waals surface area contributed by atoms with Crippen LogP contribution in [0.1, 0.15) is 11.1 Å². The first-order chi connectivity index (χ1) is 8.67. The lowest BCUT2D eigenvalue weighted by atomic mass is 9.69. The van der Waals surface area contributed by atoms with Crippen LogP contribution < -0.4 is 4.65 Å². The predicted molar refractivity (Wildman–Crippen MR) is 69.4 cm³/mol. The minimum Gasteiger partial charge on any atom is -0.660 e. The zero-order valence-corrected chi connectivity index (χ0v) is 9.52. The van der Waals surface area contributed by atoms with Gasteiger partial charge in [-0.1, -0.05) is 65.6 Å². The maximum atomic E-state index is 14.0. The molecule has 3 rings (SSSR count). The van der Waals surface area contributed by atoms with Crippen LogP contribution in [0.25, 0.3) is 11.5 Å². The quantitative estimate of drug-likeness (QED) is 0.687. The third kappa shape index (κ3) is 1.80. The van der Waals surface area contributed by atoms with Gasteiger partial charge in [0.05, 0.1) is 5.75 Å². The van der Waals surface area contributed by atoms with E-state index < -0.39 is 6.90 Å². The SMILES string of the molecule is F[B-]1(F)Oc2ccccc2C=C1c1ccccc1. The lowest BCUT2D eigenvalue weighted by Crippen LogP contribution is -2.35. The minimum atomic E-state index is -4.00. The van der Waals surface area contributed by atoms with Crippen molar-refractivity contribution in [3.05, 3.63) is 65.7 Å². The van der Waals surface area contributed by atoms with Crippen molar-refractivity contribution in [2.45, 2.75) is 0 Å². The highest BCUT2D eigenvalue weighted by atomic mass is 19.3. The fourth-order valence-corrected chi connectivity index (χ4v) is 2.10. The van der Waals surface area contributed by atoms with Crippen molar-refractivity contribution in [3.8, 4) is 5.75 Å². The maximum Gasteiger partial charge on any atom is 0.534 e. The standard InChI is InChI=1S/C14H10BF2O/c16-15(17)13(11-6-2-1-3-7-11)10-12-8-4-5-9-14(12)18-15/h1-10H/q-1. The molecule has 0 aliphatic carbocycles. The van der Waals surface area contributed by atoms with Gasteiger partial charge in [-0.25, -0.2) is 0 Å². The number of halogens is 2. The highest BCUT2D eigenvalue weighted by molar-refractivity contribution is 6.82. The monoisotopic (exact) mass is 243 g/mol. The van der Waals surface area contributed by atoms with E-state index in [-0.39, 0.29) is 11.2 Å². The maximum absolute atomic E-state index is 14.0. The van der Waals surface area contributed by atoms with Crippen molar-refractivity contribution in [2.75, 3.05) is 0 Å². The Labute approximate surface area is 104 Å². The Bertz CT molecular complexity index is 608. The summed E-state index contributed by atoms with van der Waals surface area (Å²) in [6.07, 6.45) is 1.51. The summed E-state index contributed by atoms with van der Waals surface area (Å²) in [5, 5.41) is 0. The van der Waals surface area contributed by atoms with Gasteiger partial charge in [0.15, 0.2) is 0 Å². The Hall–Kier alpha value is -2.10. The Balaban J connectivity index is 2.16. The first-order valence-corrected chi connectivity index (χ1v) is 5.73. The van der Waals surface area contributed by atoms with Crippen LogP contribution in [0.15, 0.2) is 54.6 Å². The van der Waals surface area contributed by atoms with Crippen LogP contribution in [-0.4, -0.2) is 6.90 Å². The van der Waals surface area contributed by atoms with Gasteiger partial charge < -0.3 is 13.3 Å². The van der Waals surface area contributed by atoms with Gasteiger partial charge in [-0.05, 0) is 6.07 Å². The predicted octanol–water partition coefficient (Wildman–Crippen LogP) is 4.04. The second kappa shape index (κ2) is 3.98. The van der Waals surface area contributed by atoms with Gasteiger partial charge >= 0.3 is 6.90 Å². The summed E-state index contributed by atoms with van der Waals surface area (Å²) >= 11 is 0. The van der Waals surface area contributed by atoms with Crippen LogP contribution in [0, 0.1) is 0 Å². The van der Waals surface area contributed by atoms with Crippen LogP contribution >= 0.6 is 0 Å². The fraction of sp³-hybridized carbons (Fsp3) is 0. The molecule has 0 spiro atoms. The second-order valence-corrected chi connectivity index (χ2v) is 4.22. The average molecular weight is 243 g/mol. The molecule has 0 aromatic heterocycles. The molecule has 0 saturated heterocycles. The van der Waals surface area contributed by atoms with Crippen molar-refractivity contribution >= 4 is 18.5 Å². The Kier molecular flexibility index (Phi) is 2.44. The van der Waals surface area contributed by atoms with Crippen LogP contribution in [0.4, 0.5) is 8.63 Å². The first kappa shape index (κ1) is 11.0. The Morgan fingerprint density at radius 3 is 2.28 bits per heavy atom. The van der Waals surface area contributed by atoms with Crippen molar-refractivity contribution in [1.82, 2.24) is 0 Å². The summed E-state index contributed by atoms with van der Waals surface area (Å²) in [4.78, 5) is 0. The summed E-state index contributed by atoms with van der Waals surface area (Å²) in [5.74, 6) is 0.238. The minimum absolute atomic E-state index is 0.0469. The van der Waals surface area contributed by atoms with Gasteiger partial charge in [0, 0.05) is 5.56 Å². The summed E-state index contributed by atoms with van der Waals surface area (Å²) in [6.45, 7) is -4.00. The molecule has 4 heteroatoms. The molecule has 2 aromatic rings. The average Bonchev–Trinajstić information content (AvgIpc) is 2.38. The van der Waals surface area contributed by atoms with Gasteiger partial charge in [-0.2, -0.15) is 0 Å². The van der Waals surface area contributed by atoms with E-state index in [2.05, 4.69) is 0 Å². The molecule has 2 aromatic carbocycles. The van der Waals surface area contributed by atoms with Crippen molar-refractivity contribution in [1.29, 1.82) is 0 Å². The van der Waals surface area contributed by atoms with Crippen molar-refractivity contribution in [3.63, 3.8) is 0 Å². The first-order valence-electron chi connectivity index (χ1n) is 5.73. The number of benzene rings is 2. The Morgan fingerprint density at radius 2 is 1.50 bits per heavy atom. The molecule has 0 atom stereocenters. The number of rotatable bonds is 1. The lowest BCUT2D eigenvalue weighted by Gasteiger charge is -2.34. The lowest BCUT2D eigenvalue weighted by molar-refractivity contribution is 0.397. The zero-order chi connectivity index (χ0) is 12.6. The Morgan fingerprint density at radius 1 is 0.833 bits per heavy atom. The molecule has 1 aliphatic rings. The molecule has 1 aliphatic heterocycles. The molecule has 0 unspecified atom stereocenters. The van der Waals surface area contributed by atoms with Gasteiger partial charge in [-0.15, -0.1) is 0 Å². The fourth-order valence-electron chi connectivity index (χ4n) is 2.10. The number of hydrogen-bond acceptors (Lipinski definition) is 1. The molecule has 0 radical (unpaired) electrons. The molecule has 18 heavy (non-hydrogen) atoms. The largest absolute Gasteiger partial charge is 0.660 e. The van der Waals surface area contributed by atoms with Crippen LogP contribution in [0.2, 0.25) is 0 Å². The molecule has 0 bridgehead atoms. The topological polar surface area (TPSA) is 9.23 Å². The highest BCUT2D eigenvalue weighted by Gasteiger charge is 2.36. The molecule has 1 heterocycles. The van der Waals surface area contributed by atoms with E-state index in [4.69, 9.17) is 4.65 Å². The van der Waals surface area contributed by atoms with Gasteiger partial charge in [0.2, 0.25) is 0 Å². The van der Waals surface area contributed by atoms with Gasteiger partial charge in [0.25, 0.3) is 0 Å². The summed E-state index contributed by atoms with van der Waals surface area (Å²) in [5.41, 5.74) is 1.13. The van der Waals surface area contributed by atoms with E-state index in [1.165, 1.54) is 6.08 Å². The molecular weight excluding hydrogens is 233 g/mol. The number of hydrogen-bond donors (Lipinski definition) is 0. The van der Waals surface area contributed by atoms with E-state index in [9.17, 15) is 8.63 Å². The zero-order valence-electron chi connectivity index (χ0n) is 9.52. The van der Waals surface area contributed by atoms with E-state index in [0.29, 0.717) is 11.1 Å². The second-order valence-electron chi connectivity index (χ2n) is 4.22. The molecule has 90 valence electrons. The third-order valence-corrected chi connectivity index (χ3v) is 2.97. The summed E-state index contributed by atoms with van der Waals surface area (Å²) in [7, 11) is 0. The highest BCUT2D eigenvalue weighted by Crippen LogP contribution is 2.39. The van der Waals surface area contributed by atoms with E-state index in [1.807, 2.05) is 0 Å². The van der Waals surface area contributed by atoms with Crippen LogP contribution in [0.3, 0.4) is 0 Å². The number of para-hydroxylation sites is 1. The van der Waals surface area contributed by atoms with Crippen molar-refractivity contribution in [2.24, 2.45) is 0 Å². The van der Waals surface area contributed by atoms with Crippen LogP contribution in [0.5, 0.6) is 5.75 Å². The van der Waals surface area contributed by atoms with Crippen molar-refractivity contribution < 1.29 is 13.3 Å². The summed E-state index contributed by atoms with van der Waals surface area (Å²) < 4.78 is 32.9. The molecule has 0 saturated carbocycles. The third-order valence-electron chi connectivity index (χ3n) is 2.97. The van der Waals surface area contributed by atoms with Crippen LogP contribution in [-0.2, 0) is 0 Å². The van der Waals surface area contributed by atoms with E-state index in [0.717, 1.165) is 0 Å². The molecule has 0 amide bonds. The molecular formula is C14H10BF2O-. The summed E-state index contributed by atoms with van der Waals surface area (Å²) in [6, 6.07) is 15.4. The number of fused-ring (bicyclic) bond motifs is 1. The normalized spacial score (nSPS) is 16.4.